The van der Waals surface area contributed by atoms with Crippen LogP contribution in [0.2, 0.25) is 0 Å². The number of carbonyl (C=O) groups is 1. The lowest BCUT2D eigenvalue weighted by molar-refractivity contribution is -0.116. The number of nitrogens with zero attached hydrogens (tertiary/aromatic N) is 1. The Morgan fingerprint density at radius 3 is 2.50 bits per heavy atom. The molecule has 0 spiro atoms. The molecule has 5 nitrogen and oxygen atoms in total. The van der Waals surface area contributed by atoms with Crippen LogP contribution in [0.5, 0.6) is 0 Å². The molecular formula is C18H20N2O3S. The summed E-state index contributed by atoms with van der Waals surface area (Å²) in [6, 6.07) is 14.1. The van der Waals surface area contributed by atoms with Crippen molar-refractivity contribution in [2.45, 2.75) is 30.7 Å². The molecule has 0 saturated heterocycles. The van der Waals surface area contributed by atoms with E-state index in [0.717, 1.165) is 11.1 Å². The minimum Gasteiger partial charge on any atom is -0.326 e. The van der Waals surface area contributed by atoms with Gasteiger partial charge in [-0.25, -0.2) is 8.42 Å². The predicted molar refractivity (Wildman–Crippen MR) is 93.2 cm³/mol. The van der Waals surface area contributed by atoms with E-state index in [1.54, 1.807) is 25.2 Å². The Kier molecular flexibility index (Phi) is 4.43. The van der Waals surface area contributed by atoms with Gasteiger partial charge in [-0.2, -0.15) is 4.31 Å². The molecule has 1 N–H and O–H groups in total. The second kappa shape index (κ2) is 6.37. The summed E-state index contributed by atoms with van der Waals surface area (Å²) in [5, 5.41) is 2.77. The standard InChI is InChI=1S/C18H20N2O3S/c1-13(14-6-4-3-5-7-14)20(2)24(22,23)16-9-10-17-15(12-16)8-11-18(21)19-17/h3-7,9-10,12-13H,8,11H2,1-2H3,(H,19,21). The summed E-state index contributed by atoms with van der Waals surface area (Å²) >= 11 is 0. The number of carbonyl (C=O) groups excluding carboxylic acids is 1. The van der Waals surface area contributed by atoms with Crippen molar-refractivity contribution in [3.8, 4) is 0 Å². The van der Waals surface area contributed by atoms with Crippen molar-refractivity contribution in [2.75, 3.05) is 12.4 Å². The zero-order valence-electron chi connectivity index (χ0n) is 13.7. The summed E-state index contributed by atoms with van der Waals surface area (Å²) < 4.78 is 27.3. The first-order valence-electron chi connectivity index (χ1n) is 7.85. The molecular weight excluding hydrogens is 324 g/mol. The van der Waals surface area contributed by atoms with Crippen LogP contribution in [0.1, 0.15) is 30.5 Å². The molecule has 2 aromatic rings. The maximum Gasteiger partial charge on any atom is 0.243 e. The van der Waals surface area contributed by atoms with Crippen molar-refractivity contribution in [1.29, 1.82) is 0 Å². The van der Waals surface area contributed by atoms with Gasteiger partial charge in [0.05, 0.1) is 4.90 Å². The minimum atomic E-state index is -3.61. The van der Waals surface area contributed by atoms with Gasteiger partial charge in [0.15, 0.2) is 0 Å². The Labute approximate surface area is 142 Å². The first kappa shape index (κ1) is 16.7. The number of aryl methyl sites for hydroxylation is 1. The number of sulfonamides is 1. The number of nitrogens with one attached hydrogen (secondary N) is 1. The third kappa shape index (κ3) is 3.07. The Morgan fingerprint density at radius 1 is 1.08 bits per heavy atom. The highest BCUT2D eigenvalue weighted by molar-refractivity contribution is 7.89. The summed E-state index contributed by atoms with van der Waals surface area (Å²) in [5.74, 6) is -0.0343. The molecule has 0 aromatic heterocycles. The van der Waals surface area contributed by atoms with E-state index in [4.69, 9.17) is 0 Å². The molecule has 1 unspecified atom stereocenters. The average molecular weight is 344 g/mol. The van der Waals surface area contributed by atoms with Crippen molar-refractivity contribution in [2.24, 2.45) is 0 Å². The van der Waals surface area contributed by atoms with Gasteiger partial charge in [-0.15, -0.1) is 0 Å². The number of rotatable bonds is 4. The largest absolute Gasteiger partial charge is 0.326 e. The fraction of sp³-hybridized carbons (Fsp3) is 0.278. The van der Waals surface area contributed by atoms with Crippen molar-refractivity contribution in [1.82, 2.24) is 4.31 Å². The van der Waals surface area contributed by atoms with E-state index < -0.39 is 10.0 Å². The summed E-state index contributed by atoms with van der Waals surface area (Å²) in [5.41, 5.74) is 2.49. The summed E-state index contributed by atoms with van der Waals surface area (Å²) in [6.07, 6.45) is 0.940. The molecule has 2 aromatic carbocycles. The summed E-state index contributed by atoms with van der Waals surface area (Å²) in [4.78, 5) is 11.7. The molecule has 1 amide bonds. The van der Waals surface area contributed by atoms with Gasteiger partial charge >= 0.3 is 0 Å². The van der Waals surface area contributed by atoms with Crippen LogP contribution in [0.4, 0.5) is 5.69 Å². The predicted octanol–water partition coefficient (Wildman–Crippen LogP) is 2.95. The van der Waals surface area contributed by atoms with Crippen LogP contribution < -0.4 is 5.32 Å². The highest BCUT2D eigenvalue weighted by Gasteiger charge is 2.27. The van der Waals surface area contributed by atoms with Crippen molar-refractivity contribution >= 4 is 21.6 Å². The number of amides is 1. The first-order valence-corrected chi connectivity index (χ1v) is 9.29. The summed E-state index contributed by atoms with van der Waals surface area (Å²) in [6.45, 7) is 1.87. The fourth-order valence-corrected chi connectivity index (χ4v) is 4.24. The molecule has 1 aliphatic rings. The Bertz CT molecular complexity index is 863. The van der Waals surface area contributed by atoms with Crippen molar-refractivity contribution < 1.29 is 13.2 Å². The molecule has 6 heteroatoms. The minimum absolute atomic E-state index is 0.0343. The molecule has 24 heavy (non-hydrogen) atoms. The first-order chi connectivity index (χ1) is 11.4. The van der Waals surface area contributed by atoms with Gasteiger partial charge in [0, 0.05) is 25.2 Å². The van der Waals surface area contributed by atoms with Gasteiger partial charge in [0.1, 0.15) is 0 Å². The van der Waals surface area contributed by atoms with E-state index >= 15 is 0 Å². The molecule has 1 atom stereocenters. The highest BCUT2D eigenvalue weighted by Crippen LogP contribution is 2.29. The molecule has 126 valence electrons. The molecule has 0 aliphatic carbocycles. The number of fused-ring (bicyclic) bond motifs is 1. The van der Waals surface area contributed by atoms with Crippen LogP contribution in [0, 0.1) is 0 Å². The van der Waals surface area contributed by atoms with Gasteiger partial charge in [-0.3, -0.25) is 4.79 Å². The quantitative estimate of drug-likeness (QED) is 0.927. The molecule has 1 heterocycles. The maximum absolute atomic E-state index is 12.9. The zero-order valence-corrected chi connectivity index (χ0v) is 14.5. The van der Waals surface area contributed by atoms with Crippen LogP contribution in [0.3, 0.4) is 0 Å². The van der Waals surface area contributed by atoms with Crippen LogP contribution >= 0.6 is 0 Å². The average Bonchev–Trinajstić information content (AvgIpc) is 2.60. The molecule has 3 rings (SSSR count). The second-order valence-corrected chi connectivity index (χ2v) is 7.97. The van der Waals surface area contributed by atoms with Gasteiger partial charge in [0.25, 0.3) is 0 Å². The monoisotopic (exact) mass is 344 g/mol. The Morgan fingerprint density at radius 2 is 1.79 bits per heavy atom. The van der Waals surface area contributed by atoms with E-state index in [9.17, 15) is 13.2 Å². The van der Waals surface area contributed by atoms with Crippen LogP contribution in [0.25, 0.3) is 0 Å². The van der Waals surface area contributed by atoms with Gasteiger partial charge in [-0.1, -0.05) is 30.3 Å². The second-order valence-electron chi connectivity index (χ2n) is 5.98. The van der Waals surface area contributed by atoms with E-state index in [0.29, 0.717) is 18.5 Å². The lowest BCUT2D eigenvalue weighted by Crippen LogP contribution is -2.30. The van der Waals surface area contributed by atoms with Crippen LogP contribution in [0.15, 0.2) is 53.4 Å². The molecule has 1 aliphatic heterocycles. The lowest BCUT2D eigenvalue weighted by atomic mass is 10.0. The van der Waals surface area contributed by atoms with Crippen molar-refractivity contribution in [3.63, 3.8) is 0 Å². The highest BCUT2D eigenvalue weighted by atomic mass is 32.2. The number of hydrogen-bond donors (Lipinski definition) is 1. The van der Waals surface area contributed by atoms with Crippen LogP contribution in [-0.4, -0.2) is 25.7 Å². The Balaban J connectivity index is 1.91. The molecule has 0 radical (unpaired) electrons. The number of anilines is 1. The van der Waals surface area contributed by atoms with E-state index in [1.165, 1.54) is 4.31 Å². The number of hydrogen-bond acceptors (Lipinski definition) is 3. The third-order valence-electron chi connectivity index (χ3n) is 4.48. The maximum atomic E-state index is 12.9. The molecule has 0 saturated carbocycles. The SMILES string of the molecule is CC(c1ccccc1)N(C)S(=O)(=O)c1ccc2c(c1)CCC(=O)N2. The Hall–Kier alpha value is -2.18. The third-order valence-corrected chi connectivity index (χ3v) is 6.40. The van der Waals surface area contributed by atoms with E-state index in [1.807, 2.05) is 37.3 Å². The van der Waals surface area contributed by atoms with Gasteiger partial charge in [-0.05, 0) is 42.7 Å². The van der Waals surface area contributed by atoms with E-state index in [2.05, 4.69) is 5.32 Å². The smallest absolute Gasteiger partial charge is 0.243 e. The lowest BCUT2D eigenvalue weighted by Gasteiger charge is -2.25. The van der Waals surface area contributed by atoms with Crippen molar-refractivity contribution in [3.05, 3.63) is 59.7 Å². The normalized spacial score (nSPS) is 15.7. The number of benzene rings is 2. The topological polar surface area (TPSA) is 66.5 Å². The summed E-state index contributed by atoms with van der Waals surface area (Å²) in [7, 11) is -2.02. The van der Waals surface area contributed by atoms with Gasteiger partial charge < -0.3 is 5.32 Å². The zero-order chi connectivity index (χ0) is 17.3. The molecule has 0 fully saturated rings. The van der Waals surface area contributed by atoms with E-state index in [-0.39, 0.29) is 16.8 Å². The van der Waals surface area contributed by atoms with Crippen LogP contribution in [-0.2, 0) is 21.2 Å². The van der Waals surface area contributed by atoms with Gasteiger partial charge in [0.2, 0.25) is 15.9 Å². The fourth-order valence-electron chi connectivity index (χ4n) is 2.84. The molecule has 0 bridgehead atoms.